The Hall–Kier alpha value is -2.07. The standard InChI is InChI=1S/C15H13ClFNO2/c1-20-14-7-6-10(8-12(14)17)15(19)18-13-5-3-2-4-11(13)9-16/h2-8H,9H2,1H3,(H,18,19). The maximum atomic E-state index is 13.6. The molecule has 0 spiro atoms. The van der Waals surface area contributed by atoms with Crippen LogP contribution in [0.1, 0.15) is 15.9 Å². The predicted octanol–water partition coefficient (Wildman–Crippen LogP) is 3.83. The first kappa shape index (κ1) is 14.3. The Balaban J connectivity index is 2.22. The molecule has 0 atom stereocenters. The minimum absolute atomic E-state index is 0.0997. The summed E-state index contributed by atoms with van der Waals surface area (Å²) in [6.45, 7) is 0. The normalized spacial score (nSPS) is 10.2. The van der Waals surface area contributed by atoms with Gasteiger partial charge in [-0.2, -0.15) is 0 Å². The Morgan fingerprint density at radius 1 is 1.30 bits per heavy atom. The summed E-state index contributed by atoms with van der Waals surface area (Å²) in [7, 11) is 1.37. The van der Waals surface area contributed by atoms with E-state index in [1.807, 2.05) is 12.1 Å². The molecular formula is C15H13ClFNO2. The molecule has 1 amide bonds. The highest BCUT2D eigenvalue weighted by molar-refractivity contribution is 6.17. The van der Waals surface area contributed by atoms with Gasteiger partial charge in [-0.25, -0.2) is 4.39 Å². The van der Waals surface area contributed by atoms with Crippen LogP contribution >= 0.6 is 11.6 Å². The smallest absolute Gasteiger partial charge is 0.255 e. The molecule has 2 aromatic carbocycles. The SMILES string of the molecule is COc1ccc(C(=O)Nc2ccccc2CCl)cc1F. The molecule has 0 aromatic heterocycles. The van der Waals surface area contributed by atoms with E-state index in [-0.39, 0.29) is 17.2 Å². The van der Waals surface area contributed by atoms with Crippen LogP contribution in [-0.2, 0) is 5.88 Å². The van der Waals surface area contributed by atoms with Crippen molar-refractivity contribution in [3.63, 3.8) is 0 Å². The van der Waals surface area contributed by atoms with Crippen LogP contribution < -0.4 is 10.1 Å². The lowest BCUT2D eigenvalue weighted by Gasteiger charge is -2.10. The summed E-state index contributed by atoms with van der Waals surface area (Å²) in [6.07, 6.45) is 0. The molecule has 20 heavy (non-hydrogen) atoms. The summed E-state index contributed by atoms with van der Waals surface area (Å²) in [5.74, 6) is -0.592. The number of ether oxygens (including phenoxy) is 1. The number of nitrogens with one attached hydrogen (secondary N) is 1. The number of rotatable bonds is 4. The average Bonchev–Trinajstić information content (AvgIpc) is 2.47. The molecule has 5 heteroatoms. The Labute approximate surface area is 121 Å². The van der Waals surface area contributed by atoms with E-state index < -0.39 is 11.7 Å². The van der Waals surface area contributed by atoms with Gasteiger partial charge in [0.1, 0.15) is 0 Å². The number of carbonyl (C=O) groups excluding carboxylic acids is 1. The highest BCUT2D eigenvalue weighted by Gasteiger charge is 2.11. The number of halogens is 2. The van der Waals surface area contributed by atoms with Gasteiger partial charge in [-0.3, -0.25) is 4.79 Å². The van der Waals surface area contributed by atoms with Gasteiger partial charge in [-0.15, -0.1) is 11.6 Å². The average molecular weight is 294 g/mol. The fourth-order valence-corrected chi connectivity index (χ4v) is 1.99. The lowest BCUT2D eigenvalue weighted by molar-refractivity contribution is 0.102. The molecule has 0 aliphatic heterocycles. The molecule has 0 unspecified atom stereocenters. The highest BCUT2D eigenvalue weighted by atomic mass is 35.5. The minimum atomic E-state index is -0.578. The third-order valence-corrected chi connectivity index (χ3v) is 3.11. The maximum Gasteiger partial charge on any atom is 0.255 e. The molecule has 0 aliphatic rings. The monoisotopic (exact) mass is 293 g/mol. The fourth-order valence-electron chi connectivity index (χ4n) is 1.76. The highest BCUT2D eigenvalue weighted by Crippen LogP contribution is 2.21. The van der Waals surface area contributed by atoms with Crippen LogP contribution in [0, 0.1) is 5.82 Å². The van der Waals surface area contributed by atoms with E-state index in [1.165, 1.54) is 19.2 Å². The van der Waals surface area contributed by atoms with Gasteiger partial charge in [-0.1, -0.05) is 18.2 Å². The Kier molecular flexibility index (Phi) is 4.58. The summed E-state index contributed by atoms with van der Waals surface area (Å²) in [5, 5.41) is 2.71. The molecule has 0 saturated heterocycles. The number of para-hydroxylation sites is 1. The second-order valence-electron chi connectivity index (χ2n) is 4.09. The summed E-state index contributed by atoms with van der Waals surface area (Å²) in [5.41, 5.74) is 1.63. The lowest BCUT2D eigenvalue weighted by atomic mass is 10.1. The number of carbonyl (C=O) groups is 1. The van der Waals surface area contributed by atoms with Crippen molar-refractivity contribution >= 4 is 23.2 Å². The summed E-state index contributed by atoms with van der Waals surface area (Å²) in [6, 6.07) is 11.2. The predicted molar refractivity (Wildman–Crippen MR) is 76.9 cm³/mol. The number of alkyl halides is 1. The van der Waals surface area contributed by atoms with Gasteiger partial charge in [0, 0.05) is 17.1 Å². The van der Waals surface area contributed by atoms with Crippen molar-refractivity contribution in [3.8, 4) is 5.75 Å². The van der Waals surface area contributed by atoms with E-state index in [1.54, 1.807) is 12.1 Å². The van der Waals surface area contributed by atoms with E-state index in [0.717, 1.165) is 11.6 Å². The Morgan fingerprint density at radius 2 is 2.05 bits per heavy atom. The molecule has 104 valence electrons. The second kappa shape index (κ2) is 6.39. The fraction of sp³-hybridized carbons (Fsp3) is 0.133. The number of hydrogen-bond donors (Lipinski definition) is 1. The van der Waals surface area contributed by atoms with Gasteiger partial charge in [0.2, 0.25) is 0 Å². The van der Waals surface area contributed by atoms with Crippen molar-refractivity contribution in [3.05, 3.63) is 59.4 Å². The topological polar surface area (TPSA) is 38.3 Å². The van der Waals surface area contributed by atoms with Crippen LogP contribution in [0.4, 0.5) is 10.1 Å². The van der Waals surface area contributed by atoms with Gasteiger partial charge in [-0.05, 0) is 29.8 Å². The third-order valence-electron chi connectivity index (χ3n) is 2.82. The largest absolute Gasteiger partial charge is 0.494 e. The summed E-state index contributed by atoms with van der Waals surface area (Å²) < 4.78 is 18.4. The van der Waals surface area contributed by atoms with E-state index >= 15 is 0 Å². The van der Waals surface area contributed by atoms with Crippen molar-refractivity contribution < 1.29 is 13.9 Å². The molecule has 0 heterocycles. The molecule has 0 saturated carbocycles. The van der Waals surface area contributed by atoms with Crippen LogP contribution in [0.5, 0.6) is 5.75 Å². The number of anilines is 1. The molecular weight excluding hydrogens is 281 g/mol. The Morgan fingerprint density at radius 3 is 2.70 bits per heavy atom. The van der Waals surface area contributed by atoms with E-state index in [0.29, 0.717) is 5.69 Å². The molecule has 0 aliphatic carbocycles. The number of benzene rings is 2. The molecule has 0 radical (unpaired) electrons. The van der Waals surface area contributed by atoms with Gasteiger partial charge < -0.3 is 10.1 Å². The second-order valence-corrected chi connectivity index (χ2v) is 4.36. The zero-order chi connectivity index (χ0) is 14.5. The molecule has 2 aromatic rings. The van der Waals surface area contributed by atoms with Crippen LogP contribution in [0.25, 0.3) is 0 Å². The molecule has 2 rings (SSSR count). The van der Waals surface area contributed by atoms with Gasteiger partial charge in [0.05, 0.1) is 7.11 Å². The van der Waals surface area contributed by atoms with Crippen molar-refractivity contribution in [1.82, 2.24) is 0 Å². The summed E-state index contributed by atoms with van der Waals surface area (Å²) >= 11 is 5.80. The minimum Gasteiger partial charge on any atom is -0.494 e. The molecule has 0 fully saturated rings. The molecule has 3 nitrogen and oxygen atoms in total. The van der Waals surface area contributed by atoms with E-state index in [9.17, 15) is 9.18 Å². The number of methoxy groups -OCH3 is 1. The van der Waals surface area contributed by atoms with Crippen molar-refractivity contribution in [2.75, 3.05) is 12.4 Å². The van der Waals surface area contributed by atoms with Crippen molar-refractivity contribution in [1.29, 1.82) is 0 Å². The zero-order valence-corrected chi connectivity index (χ0v) is 11.6. The summed E-state index contributed by atoms with van der Waals surface area (Å²) in [4.78, 5) is 12.1. The number of hydrogen-bond acceptors (Lipinski definition) is 2. The van der Waals surface area contributed by atoms with E-state index in [4.69, 9.17) is 16.3 Å². The van der Waals surface area contributed by atoms with Crippen LogP contribution in [0.2, 0.25) is 0 Å². The van der Waals surface area contributed by atoms with Gasteiger partial charge in [0.25, 0.3) is 5.91 Å². The maximum absolute atomic E-state index is 13.6. The zero-order valence-electron chi connectivity index (χ0n) is 10.8. The van der Waals surface area contributed by atoms with Crippen LogP contribution in [-0.4, -0.2) is 13.0 Å². The van der Waals surface area contributed by atoms with Gasteiger partial charge in [0.15, 0.2) is 11.6 Å². The van der Waals surface area contributed by atoms with E-state index in [2.05, 4.69) is 5.32 Å². The molecule has 1 N–H and O–H groups in total. The Bertz CT molecular complexity index is 631. The van der Waals surface area contributed by atoms with Gasteiger partial charge >= 0.3 is 0 Å². The third kappa shape index (κ3) is 3.08. The first-order valence-corrected chi connectivity index (χ1v) is 6.48. The lowest BCUT2D eigenvalue weighted by Crippen LogP contribution is -2.13. The molecule has 0 bridgehead atoms. The number of amides is 1. The van der Waals surface area contributed by atoms with Crippen molar-refractivity contribution in [2.45, 2.75) is 5.88 Å². The first-order chi connectivity index (χ1) is 9.65. The van der Waals surface area contributed by atoms with Crippen LogP contribution in [0.3, 0.4) is 0 Å². The van der Waals surface area contributed by atoms with Crippen molar-refractivity contribution in [2.24, 2.45) is 0 Å². The first-order valence-electron chi connectivity index (χ1n) is 5.94. The van der Waals surface area contributed by atoms with Crippen LogP contribution in [0.15, 0.2) is 42.5 Å². The quantitative estimate of drug-likeness (QED) is 0.870.